The van der Waals surface area contributed by atoms with Gasteiger partial charge in [0.15, 0.2) is 11.5 Å². The molecule has 0 aliphatic carbocycles. The van der Waals surface area contributed by atoms with Gasteiger partial charge in [-0.1, -0.05) is 36.4 Å². The minimum atomic E-state index is -1.24. The van der Waals surface area contributed by atoms with E-state index in [4.69, 9.17) is 14.6 Å². The van der Waals surface area contributed by atoms with E-state index in [0.29, 0.717) is 23.7 Å². The topological polar surface area (TPSA) is 79.2 Å². The number of hydrogen-bond donors (Lipinski definition) is 3. The van der Waals surface area contributed by atoms with Crippen LogP contribution >= 0.6 is 0 Å². The lowest BCUT2D eigenvalue weighted by atomic mass is 10.0. The molecule has 5 nitrogen and oxygen atoms in total. The summed E-state index contributed by atoms with van der Waals surface area (Å²) >= 11 is 0. The summed E-state index contributed by atoms with van der Waals surface area (Å²) in [6.07, 6.45) is -2.41. The van der Waals surface area contributed by atoms with Crippen LogP contribution in [0, 0.1) is 0 Å². The van der Waals surface area contributed by atoms with Gasteiger partial charge in [-0.25, -0.2) is 0 Å². The SMILES string of the molecule is COc1cc([C@H](O)[C@H](O)CO)ccc1OCc1ccccc1. The molecule has 0 saturated heterocycles. The maximum atomic E-state index is 9.90. The Hall–Kier alpha value is -2.08. The van der Waals surface area contributed by atoms with Gasteiger partial charge in [0.25, 0.3) is 0 Å². The third-order valence-corrected chi connectivity index (χ3v) is 3.32. The molecule has 2 aromatic carbocycles. The average Bonchev–Trinajstić information content (AvgIpc) is 2.59. The van der Waals surface area contributed by atoms with Crippen LogP contribution in [0.15, 0.2) is 48.5 Å². The summed E-state index contributed by atoms with van der Waals surface area (Å²) in [5.74, 6) is 0.999. The highest BCUT2D eigenvalue weighted by molar-refractivity contribution is 5.44. The Labute approximate surface area is 129 Å². The Morgan fingerprint density at radius 3 is 2.36 bits per heavy atom. The third kappa shape index (κ3) is 3.98. The summed E-state index contributed by atoms with van der Waals surface area (Å²) < 4.78 is 11.0. The second-order valence-electron chi connectivity index (χ2n) is 4.88. The lowest BCUT2D eigenvalue weighted by molar-refractivity contribution is -0.0153. The van der Waals surface area contributed by atoms with Gasteiger partial charge >= 0.3 is 0 Å². The van der Waals surface area contributed by atoms with E-state index in [0.717, 1.165) is 5.56 Å². The van der Waals surface area contributed by atoms with E-state index < -0.39 is 18.8 Å². The summed E-state index contributed by atoms with van der Waals surface area (Å²) in [5, 5.41) is 28.3. The van der Waals surface area contributed by atoms with Crippen molar-refractivity contribution in [3.8, 4) is 11.5 Å². The van der Waals surface area contributed by atoms with Gasteiger partial charge in [0, 0.05) is 0 Å². The Balaban J connectivity index is 2.12. The monoisotopic (exact) mass is 304 g/mol. The van der Waals surface area contributed by atoms with E-state index in [2.05, 4.69) is 0 Å². The molecule has 118 valence electrons. The molecule has 3 N–H and O–H groups in total. The molecule has 0 amide bonds. The molecule has 2 rings (SSSR count). The van der Waals surface area contributed by atoms with Crippen molar-refractivity contribution in [3.05, 3.63) is 59.7 Å². The zero-order valence-electron chi connectivity index (χ0n) is 12.3. The molecule has 0 saturated carbocycles. The van der Waals surface area contributed by atoms with Gasteiger partial charge < -0.3 is 24.8 Å². The van der Waals surface area contributed by atoms with Gasteiger partial charge in [0.05, 0.1) is 13.7 Å². The van der Waals surface area contributed by atoms with Crippen molar-refractivity contribution in [2.45, 2.75) is 18.8 Å². The van der Waals surface area contributed by atoms with Crippen LogP contribution in [0.3, 0.4) is 0 Å². The van der Waals surface area contributed by atoms with E-state index in [1.165, 1.54) is 7.11 Å². The second-order valence-corrected chi connectivity index (χ2v) is 4.88. The Morgan fingerprint density at radius 1 is 1.00 bits per heavy atom. The normalized spacial score (nSPS) is 13.5. The molecular formula is C17H20O5. The predicted molar refractivity (Wildman–Crippen MR) is 81.8 cm³/mol. The van der Waals surface area contributed by atoms with Gasteiger partial charge in [0.2, 0.25) is 0 Å². The smallest absolute Gasteiger partial charge is 0.161 e. The van der Waals surface area contributed by atoms with Crippen LogP contribution < -0.4 is 9.47 Å². The molecule has 2 atom stereocenters. The summed E-state index contributed by atoms with van der Waals surface area (Å²) in [5.41, 5.74) is 1.48. The van der Waals surface area contributed by atoms with E-state index in [1.807, 2.05) is 30.3 Å². The first-order valence-corrected chi connectivity index (χ1v) is 6.97. The molecule has 0 fully saturated rings. The van der Waals surface area contributed by atoms with Gasteiger partial charge in [-0.3, -0.25) is 0 Å². The largest absolute Gasteiger partial charge is 0.493 e. The van der Waals surface area contributed by atoms with E-state index >= 15 is 0 Å². The van der Waals surface area contributed by atoms with Crippen molar-refractivity contribution in [2.75, 3.05) is 13.7 Å². The standard InChI is InChI=1S/C17H20O5/c1-21-16-9-13(17(20)14(19)10-18)7-8-15(16)22-11-12-5-3-2-4-6-12/h2-9,14,17-20H,10-11H2,1H3/t14-,17+/m1/s1. The number of hydrogen-bond acceptors (Lipinski definition) is 5. The molecule has 0 aromatic heterocycles. The van der Waals surface area contributed by atoms with Crippen LogP contribution in [0.1, 0.15) is 17.2 Å². The molecule has 2 aromatic rings. The van der Waals surface area contributed by atoms with Gasteiger partial charge in [-0.2, -0.15) is 0 Å². The van der Waals surface area contributed by atoms with E-state index in [-0.39, 0.29) is 0 Å². The number of methoxy groups -OCH3 is 1. The number of ether oxygens (including phenoxy) is 2. The van der Waals surface area contributed by atoms with Crippen LogP contribution in [0.25, 0.3) is 0 Å². The maximum absolute atomic E-state index is 9.90. The lowest BCUT2D eigenvalue weighted by Crippen LogP contribution is -2.22. The van der Waals surface area contributed by atoms with Crippen molar-refractivity contribution >= 4 is 0 Å². The Morgan fingerprint density at radius 2 is 1.73 bits per heavy atom. The fraction of sp³-hybridized carbons (Fsp3) is 0.294. The Kier molecular flexibility index (Phi) is 5.77. The van der Waals surface area contributed by atoms with Gasteiger partial charge in [0.1, 0.15) is 18.8 Å². The molecule has 5 heteroatoms. The molecule has 0 aliphatic heterocycles. The third-order valence-electron chi connectivity index (χ3n) is 3.32. The number of aliphatic hydroxyl groups is 3. The highest BCUT2D eigenvalue weighted by atomic mass is 16.5. The maximum Gasteiger partial charge on any atom is 0.161 e. The molecular weight excluding hydrogens is 284 g/mol. The first-order valence-electron chi connectivity index (χ1n) is 6.97. The van der Waals surface area contributed by atoms with Crippen molar-refractivity contribution in [2.24, 2.45) is 0 Å². The molecule has 0 heterocycles. The van der Waals surface area contributed by atoms with Crippen LogP contribution in [-0.2, 0) is 6.61 Å². The minimum absolute atomic E-state index is 0.401. The summed E-state index contributed by atoms with van der Waals surface area (Å²) in [6, 6.07) is 14.6. The molecule has 0 spiro atoms. The Bertz CT molecular complexity index is 585. The predicted octanol–water partition coefficient (Wildman–Crippen LogP) is 1.66. The van der Waals surface area contributed by atoms with Crippen molar-refractivity contribution in [3.63, 3.8) is 0 Å². The molecule has 0 bridgehead atoms. The summed E-state index contributed by atoms with van der Waals surface area (Å²) in [4.78, 5) is 0. The van der Waals surface area contributed by atoms with Crippen LogP contribution in [0.4, 0.5) is 0 Å². The van der Waals surface area contributed by atoms with Crippen LogP contribution in [0.2, 0.25) is 0 Å². The van der Waals surface area contributed by atoms with Crippen molar-refractivity contribution in [1.82, 2.24) is 0 Å². The van der Waals surface area contributed by atoms with Gasteiger partial charge in [-0.05, 0) is 23.3 Å². The minimum Gasteiger partial charge on any atom is -0.493 e. The number of benzene rings is 2. The first kappa shape index (κ1) is 16.3. The zero-order chi connectivity index (χ0) is 15.9. The van der Waals surface area contributed by atoms with Crippen molar-refractivity contribution in [1.29, 1.82) is 0 Å². The fourth-order valence-electron chi connectivity index (χ4n) is 2.04. The fourth-order valence-corrected chi connectivity index (χ4v) is 2.04. The van der Waals surface area contributed by atoms with Gasteiger partial charge in [-0.15, -0.1) is 0 Å². The number of rotatable bonds is 7. The highest BCUT2D eigenvalue weighted by Gasteiger charge is 2.19. The average molecular weight is 304 g/mol. The molecule has 22 heavy (non-hydrogen) atoms. The zero-order valence-corrected chi connectivity index (χ0v) is 12.3. The van der Waals surface area contributed by atoms with Crippen molar-refractivity contribution < 1.29 is 24.8 Å². The molecule has 0 unspecified atom stereocenters. The summed E-state index contributed by atoms with van der Waals surface area (Å²) in [6.45, 7) is -0.117. The second kappa shape index (κ2) is 7.79. The van der Waals surface area contributed by atoms with E-state index in [1.54, 1.807) is 18.2 Å². The van der Waals surface area contributed by atoms with E-state index in [9.17, 15) is 10.2 Å². The number of aliphatic hydroxyl groups excluding tert-OH is 3. The first-order chi connectivity index (χ1) is 10.7. The summed E-state index contributed by atoms with van der Waals surface area (Å²) in [7, 11) is 1.50. The molecule has 0 radical (unpaired) electrons. The van der Waals surface area contributed by atoms with Crippen LogP contribution in [0.5, 0.6) is 11.5 Å². The highest BCUT2D eigenvalue weighted by Crippen LogP contribution is 2.31. The molecule has 0 aliphatic rings. The quantitative estimate of drug-likeness (QED) is 0.725. The lowest BCUT2D eigenvalue weighted by Gasteiger charge is -2.18. The van der Waals surface area contributed by atoms with Crippen LogP contribution in [-0.4, -0.2) is 35.1 Å².